The molecular formula is C25H32N4O3. The first-order chi connectivity index (χ1) is 15.5. The number of amides is 1. The summed E-state index contributed by atoms with van der Waals surface area (Å²) in [6, 6.07) is 12.0. The van der Waals surface area contributed by atoms with Crippen LogP contribution in [0.5, 0.6) is 11.5 Å². The van der Waals surface area contributed by atoms with E-state index in [1.54, 1.807) is 14.2 Å². The minimum Gasteiger partial charge on any atom is -0.493 e. The van der Waals surface area contributed by atoms with Crippen LogP contribution in [0.25, 0.3) is 0 Å². The second-order valence-corrected chi connectivity index (χ2v) is 8.70. The molecule has 7 heteroatoms. The van der Waals surface area contributed by atoms with E-state index in [1.165, 1.54) is 5.56 Å². The van der Waals surface area contributed by atoms with Crippen LogP contribution >= 0.6 is 0 Å². The molecule has 7 nitrogen and oxygen atoms in total. The normalized spacial score (nSPS) is 17.5. The molecule has 1 atom stereocenters. The van der Waals surface area contributed by atoms with Gasteiger partial charge in [-0.3, -0.25) is 4.79 Å². The van der Waals surface area contributed by atoms with E-state index in [0.29, 0.717) is 36.4 Å². The Kier molecular flexibility index (Phi) is 6.53. The molecule has 1 unspecified atom stereocenters. The van der Waals surface area contributed by atoms with Gasteiger partial charge in [-0.25, -0.2) is 4.99 Å². The maximum atomic E-state index is 12.6. The molecule has 1 saturated heterocycles. The van der Waals surface area contributed by atoms with Crippen molar-refractivity contribution in [2.24, 2.45) is 10.9 Å². The number of rotatable bonds is 6. The standard InChI is InChI=1S/C25H32N4O3/c1-16(2)18-5-7-19(8-6-18)28-24(30)11-17-9-10-29(14-17)25-20-12-22(31-3)23(32-4)13-21(20)26-15-27-25/h5-8,12-13,16-17,26H,9-11,14-15H2,1-4H3,(H,28,30). The topological polar surface area (TPSA) is 75.2 Å². The van der Waals surface area contributed by atoms with E-state index < -0.39 is 0 Å². The SMILES string of the molecule is COc1cc2c(cc1OC)C(N1CCC(CC(=O)Nc3ccc(C(C)C)cc3)C1)=NCN2. The Labute approximate surface area is 189 Å². The Balaban J connectivity index is 1.39. The van der Waals surface area contributed by atoms with E-state index in [0.717, 1.165) is 42.3 Å². The largest absolute Gasteiger partial charge is 0.493 e. The van der Waals surface area contributed by atoms with Gasteiger partial charge in [0.2, 0.25) is 5.91 Å². The quantitative estimate of drug-likeness (QED) is 0.706. The number of carbonyl (C=O) groups excluding carboxylic acids is 1. The van der Waals surface area contributed by atoms with Gasteiger partial charge in [0.1, 0.15) is 12.5 Å². The van der Waals surface area contributed by atoms with Crippen LogP contribution in [0.4, 0.5) is 11.4 Å². The zero-order valence-electron chi connectivity index (χ0n) is 19.3. The highest BCUT2D eigenvalue weighted by Gasteiger charge is 2.30. The van der Waals surface area contributed by atoms with Gasteiger partial charge in [-0.2, -0.15) is 0 Å². The third kappa shape index (κ3) is 4.66. The fraction of sp³-hybridized carbons (Fsp3) is 0.440. The van der Waals surface area contributed by atoms with Gasteiger partial charge in [-0.1, -0.05) is 26.0 Å². The summed E-state index contributed by atoms with van der Waals surface area (Å²) in [5, 5.41) is 6.35. The van der Waals surface area contributed by atoms with Crippen molar-refractivity contribution < 1.29 is 14.3 Å². The number of nitrogens with zero attached hydrogens (tertiary/aromatic N) is 2. The lowest BCUT2D eigenvalue weighted by atomic mass is 10.0. The van der Waals surface area contributed by atoms with E-state index in [2.05, 4.69) is 41.5 Å². The number of hydrogen-bond acceptors (Lipinski definition) is 6. The molecule has 170 valence electrons. The van der Waals surface area contributed by atoms with Gasteiger partial charge in [0.15, 0.2) is 11.5 Å². The Bertz CT molecular complexity index is 1000. The molecule has 0 aliphatic carbocycles. The fourth-order valence-electron chi connectivity index (χ4n) is 4.38. The lowest BCUT2D eigenvalue weighted by Gasteiger charge is -2.27. The molecular weight excluding hydrogens is 404 g/mol. The van der Waals surface area contributed by atoms with Crippen molar-refractivity contribution in [1.82, 2.24) is 4.90 Å². The molecule has 32 heavy (non-hydrogen) atoms. The van der Waals surface area contributed by atoms with Crippen LogP contribution in [0.1, 0.15) is 43.7 Å². The number of likely N-dealkylation sites (tertiary alicyclic amines) is 1. The van der Waals surface area contributed by atoms with Gasteiger partial charge < -0.3 is 25.0 Å². The maximum absolute atomic E-state index is 12.6. The predicted molar refractivity (Wildman–Crippen MR) is 128 cm³/mol. The first-order valence-corrected chi connectivity index (χ1v) is 11.2. The van der Waals surface area contributed by atoms with E-state index >= 15 is 0 Å². The number of amidine groups is 1. The third-order valence-electron chi connectivity index (χ3n) is 6.18. The minimum atomic E-state index is 0.0632. The Hall–Kier alpha value is -3.22. The number of methoxy groups -OCH3 is 2. The van der Waals surface area contributed by atoms with Crippen molar-refractivity contribution in [3.05, 3.63) is 47.5 Å². The molecule has 0 spiro atoms. The van der Waals surface area contributed by atoms with Gasteiger partial charge in [-0.15, -0.1) is 0 Å². The zero-order chi connectivity index (χ0) is 22.7. The number of nitrogens with one attached hydrogen (secondary N) is 2. The zero-order valence-corrected chi connectivity index (χ0v) is 19.3. The second-order valence-electron chi connectivity index (χ2n) is 8.70. The number of carbonyl (C=O) groups is 1. The van der Waals surface area contributed by atoms with Gasteiger partial charge in [0, 0.05) is 36.8 Å². The maximum Gasteiger partial charge on any atom is 0.224 e. The number of ether oxygens (including phenoxy) is 2. The van der Waals surface area contributed by atoms with E-state index in [-0.39, 0.29) is 5.91 Å². The number of anilines is 2. The molecule has 2 aliphatic heterocycles. The summed E-state index contributed by atoms with van der Waals surface area (Å²) < 4.78 is 10.9. The van der Waals surface area contributed by atoms with E-state index in [9.17, 15) is 4.79 Å². The summed E-state index contributed by atoms with van der Waals surface area (Å²) in [4.78, 5) is 19.6. The van der Waals surface area contributed by atoms with Crippen LogP contribution in [0, 0.1) is 5.92 Å². The summed E-state index contributed by atoms with van der Waals surface area (Å²) in [6.07, 6.45) is 1.47. The van der Waals surface area contributed by atoms with Crippen LogP contribution in [0.2, 0.25) is 0 Å². The summed E-state index contributed by atoms with van der Waals surface area (Å²) in [6.45, 7) is 6.54. The highest BCUT2D eigenvalue weighted by molar-refractivity contribution is 6.05. The Morgan fingerprint density at radius 3 is 2.59 bits per heavy atom. The number of fused-ring (bicyclic) bond motifs is 1. The van der Waals surface area contributed by atoms with Crippen molar-refractivity contribution in [3.63, 3.8) is 0 Å². The van der Waals surface area contributed by atoms with Crippen LogP contribution in [0.3, 0.4) is 0 Å². The minimum absolute atomic E-state index is 0.0632. The molecule has 4 rings (SSSR count). The van der Waals surface area contributed by atoms with Crippen molar-refractivity contribution in [2.75, 3.05) is 44.6 Å². The highest BCUT2D eigenvalue weighted by Crippen LogP contribution is 2.36. The first-order valence-electron chi connectivity index (χ1n) is 11.2. The number of aliphatic imine (C=N–C) groups is 1. The van der Waals surface area contributed by atoms with Gasteiger partial charge >= 0.3 is 0 Å². The molecule has 2 N–H and O–H groups in total. The van der Waals surface area contributed by atoms with Crippen molar-refractivity contribution in [3.8, 4) is 11.5 Å². The number of hydrogen-bond donors (Lipinski definition) is 2. The lowest BCUT2D eigenvalue weighted by molar-refractivity contribution is -0.117. The molecule has 0 bridgehead atoms. The predicted octanol–water partition coefficient (Wildman–Crippen LogP) is 4.31. The third-order valence-corrected chi connectivity index (χ3v) is 6.18. The van der Waals surface area contributed by atoms with Crippen molar-refractivity contribution in [2.45, 2.75) is 32.6 Å². The smallest absolute Gasteiger partial charge is 0.224 e. The fourth-order valence-corrected chi connectivity index (χ4v) is 4.38. The summed E-state index contributed by atoms with van der Waals surface area (Å²) in [5.41, 5.74) is 4.11. The average molecular weight is 437 g/mol. The van der Waals surface area contributed by atoms with Crippen LogP contribution < -0.4 is 20.1 Å². The summed E-state index contributed by atoms with van der Waals surface area (Å²) in [5.74, 6) is 3.16. The van der Waals surface area contributed by atoms with Crippen LogP contribution in [0.15, 0.2) is 41.4 Å². The molecule has 2 aromatic carbocycles. The Morgan fingerprint density at radius 1 is 1.19 bits per heavy atom. The average Bonchev–Trinajstić information content (AvgIpc) is 3.25. The molecule has 0 saturated carbocycles. The monoisotopic (exact) mass is 436 g/mol. The molecule has 1 amide bonds. The number of benzene rings is 2. The lowest BCUT2D eigenvalue weighted by Crippen LogP contribution is -2.33. The van der Waals surface area contributed by atoms with Crippen LogP contribution in [-0.4, -0.2) is 50.6 Å². The second kappa shape index (κ2) is 9.51. The highest BCUT2D eigenvalue weighted by atomic mass is 16.5. The molecule has 2 aromatic rings. The van der Waals surface area contributed by atoms with Crippen LogP contribution in [-0.2, 0) is 4.79 Å². The van der Waals surface area contributed by atoms with Crippen molar-refractivity contribution in [1.29, 1.82) is 0 Å². The van der Waals surface area contributed by atoms with Gasteiger partial charge in [0.25, 0.3) is 0 Å². The Morgan fingerprint density at radius 2 is 1.91 bits per heavy atom. The van der Waals surface area contributed by atoms with Gasteiger partial charge in [-0.05, 0) is 42.0 Å². The summed E-state index contributed by atoms with van der Waals surface area (Å²) in [7, 11) is 3.27. The molecule has 0 radical (unpaired) electrons. The first kappa shape index (κ1) is 22.0. The van der Waals surface area contributed by atoms with E-state index in [4.69, 9.17) is 14.5 Å². The molecule has 1 fully saturated rings. The van der Waals surface area contributed by atoms with E-state index in [1.807, 2.05) is 24.3 Å². The molecule has 2 heterocycles. The van der Waals surface area contributed by atoms with Crippen molar-refractivity contribution >= 4 is 23.1 Å². The molecule has 2 aliphatic rings. The van der Waals surface area contributed by atoms with Gasteiger partial charge in [0.05, 0.1) is 19.9 Å². The molecule has 0 aromatic heterocycles. The summed E-state index contributed by atoms with van der Waals surface area (Å²) >= 11 is 0.